The van der Waals surface area contributed by atoms with E-state index in [1.807, 2.05) is 6.92 Å². The fourth-order valence-corrected chi connectivity index (χ4v) is 1.81. The second kappa shape index (κ2) is 4.31. The zero-order valence-electron chi connectivity index (χ0n) is 9.31. The van der Waals surface area contributed by atoms with Crippen molar-refractivity contribution in [2.45, 2.75) is 13.0 Å². The zero-order chi connectivity index (χ0) is 12.6. The number of carboxylic acid groups (broad SMARTS) is 1. The molecule has 6 nitrogen and oxygen atoms in total. The van der Waals surface area contributed by atoms with Crippen molar-refractivity contribution >= 4 is 23.2 Å². The molecule has 0 aromatic carbocycles. The van der Waals surface area contributed by atoms with Crippen LogP contribution in [0.1, 0.15) is 29.0 Å². The Morgan fingerprint density at radius 1 is 1.65 bits per heavy atom. The minimum atomic E-state index is -1.04. The first kappa shape index (κ1) is 11.8. The van der Waals surface area contributed by atoms with E-state index in [-0.39, 0.29) is 16.8 Å². The molecule has 0 saturated carbocycles. The van der Waals surface area contributed by atoms with Crippen LogP contribution in [-0.2, 0) is 0 Å². The van der Waals surface area contributed by atoms with E-state index in [4.69, 9.17) is 16.7 Å². The van der Waals surface area contributed by atoms with Crippen LogP contribution in [-0.4, -0.2) is 32.7 Å². The molecule has 0 fully saturated rings. The quantitative estimate of drug-likeness (QED) is 0.865. The Kier molecular flexibility index (Phi) is 2.99. The van der Waals surface area contributed by atoms with Gasteiger partial charge >= 0.3 is 5.97 Å². The SMILES string of the molecule is CNC(C)c1c(C(=O)O)cnc2cc(Cl)nn12. The topological polar surface area (TPSA) is 79.5 Å². The maximum Gasteiger partial charge on any atom is 0.339 e. The van der Waals surface area contributed by atoms with Crippen LogP contribution in [0.2, 0.25) is 5.15 Å². The molecule has 0 radical (unpaired) electrons. The number of aromatic carboxylic acids is 1. The summed E-state index contributed by atoms with van der Waals surface area (Å²) in [4.78, 5) is 15.2. The minimum Gasteiger partial charge on any atom is -0.478 e. The summed E-state index contributed by atoms with van der Waals surface area (Å²) in [6.45, 7) is 1.84. The molecule has 1 unspecified atom stereocenters. The maximum absolute atomic E-state index is 11.2. The Morgan fingerprint density at radius 2 is 2.35 bits per heavy atom. The third-order valence-corrected chi connectivity index (χ3v) is 2.75. The lowest BCUT2D eigenvalue weighted by atomic mass is 10.1. The molecule has 0 saturated heterocycles. The highest BCUT2D eigenvalue weighted by Gasteiger charge is 2.20. The largest absolute Gasteiger partial charge is 0.478 e. The number of fused-ring (bicyclic) bond motifs is 1. The van der Waals surface area contributed by atoms with Crippen molar-refractivity contribution in [3.8, 4) is 0 Å². The van der Waals surface area contributed by atoms with Crippen molar-refractivity contribution in [2.24, 2.45) is 0 Å². The molecule has 0 aliphatic heterocycles. The van der Waals surface area contributed by atoms with Gasteiger partial charge in [-0.25, -0.2) is 14.3 Å². The molecule has 0 aliphatic rings. The van der Waals surface area contributed by atoms with Gasteiger partial charge in [-0.3, -0.25) is 0 Å². The van der Waals surface area contributed by atoms with E-state index < -0.39 is 5.97 Å². The molecule has 7 heteroatoms. The molecule has 1 atom stereocenters. The number of hydrogen-bond acceptors (Lipinski definition) is 4. The number of halogens is 1. The maximum atomic E-state index is 11.2. The van der Waals surface area contributed by atoms with Crippen molar-refractivity contribution in [3.05, 3.63) is 28.7 Å². The average Bonchev–Trinajstić information content (AvgIpc) is 2.66. The first-order valence-electron chi connectivity index (χ1n) is 4.99. The van der Waals surface area contributed by atoms with Crippen molar-refractivity contribution in [2.75, 3.05) is 7.05 Å². The fraction of sp³-hybridized carbons (Fsp3) is 0.300. The predicted octanol–water partition coefficient (Wildman–Crippen LogP) is 1.36. The van der Waals surface area contributed by atoms with Crippen LogP contribution in [0, 0.1) is 0 Å². The summed E-state index contributed by atoms with van der Waals surface area (Å²) in [6, 6.07) is 1.40. The number of carboxylic acids is 1. The highest BCUT2D eigenvalue weighted by atomic mass is 35.5. The molecule has 0 aliphatic carbocycles. The first-order chi connectivity index (χ1) is 8.04. The van der Waals surface area contributed by atoms with E-state index >= 15 is 0 Å². The van der Waals surface area contributed by atoms with Gasteiger partial charge < -0.3 is 10.4 Å². The molecule has 2 N–H and O–H groups in total. The summed E-state index contributed by atoms with van der Waals surface area (Å²) in [7, 11) is 1.74. The lowest BCUT2D eigenvalue weighted by molar-refractivity contribution is 0.0693. The molecular formula is C10H11ClN4O2. The molecule has 0 bridgehead atoms. The number of nitrogens with zero attached hydrogens (tertiary/aromatic N) is 3. The lowest BCUT2D eigenvalue weighted by Gasteiger charge is -2.14. The number of hydrogen-bond donors (Lipinski definition) is 2. The summed E-state index contributed by atoms with van der Waals surface area (Å²) >= 11 is 5.80. The second-order valence-electron chi connectivity index (χ2n) is 3.61. The third-order valence-electron chi connectivity index (χ3n) is 2.56. The summed E-state index contributed by atoms with van der Waals surface area (Å²) in [6.07, 6.45) is 1.32. The van der Waals surface area contributed by atoms with Gasteiger partial charge in [-0.1, -0.05) is 11.6 Å². The van der Waals surface area contributed by atoms with Gasteiger partial charge in [0.1, 0.15) is 5.56 Å². The van der Waals surface area contributed by atoms with Crippen LogP contribution in [0.15, 0.2) is 12.3 Å². The van der Waals surface area contributed by atoms with E-state index in [1.54, 1.807) is 13.1 Å². The molecule has 17 heavy (non-hydrogen) atoms. The van der Waals surface area contributed by atoms with Crippen molar-refractivity contribution < 1.29 is 9.90 Å². The lowest BCUT2D eigenvalue weighted by Crippen LogP contribution is -2.21. The van der Waals surface area contributed by atoms with Crippen molar-refractivity contribution in [1.82, 2.24) is 19.9 Å². The molecule has 0 spiro atoms. The average molecular weight is 255 g/mol. The van der Waals surface area contributed by atoms with Crippen LogP contribution < -0.4 is 5.32 Å². The van der Waals surface area contributed by atoms with E-state index in [9.17, 15) is 4.79 Å². The summed E-state index contributed by atoms with van der Waals surface area (Å²) < 4.78 is 1.45. The zero-order valence-corrected chi connectivity index (χ0v) is 10.1. The molecular weight excluding hydrogens is 244 g/mol. The van der Waals surface area contributed by atoms with Crippen molar-refractivity contribution in [3.63, 3.8) is 0 Å². The standard InChI is InChI=1S/C10H11ClN4O2/c1-5(12-2)9-6(10(16)17)4-13-8-3-7(11)14-15(8)9/h3-5,12H,1-2H3,(H,16,17). The van der Waals surface area contributed by atoms with Gasteiger partial charge in [-0.05, 0) is 14.0 Å². The van der Waals surface area contributed by atoms with Gasteiger partial charge in [0.25, 0.3) is 0 Å². The summed E-state index contributed by atoms with van der Waals surface area (Å²) in [5.41, 5.74) is 1.16. The van der Waals surface area contributed by atoms with Crippen LogP contribution in [0.3, 0.4) is 0 Å². The van der Waals surface area contributed by atoms with E-state index in [0.717, 1.165) is 0 Å². The molecule has 2 aromatic heterocycles. The number of nitrogens with one attached hydrogen (secondary N) is 1. The molecule has 2 rings (SSSR count). The van der Waals surface area contributed by atoms with Crippen molar-refractivity contribution in [1.29, 1.82) is 0 Å². The summed E-state index contributed by atoms with van der Waals surface area (Å²) in [5.74, 6) is -1.04. The molecule has 90 valence electrons. The van der Waals surface area contributed by atoms with Gasteiger partial charge in [0, 0.05) is 18.3 Å². The van der Waals surface area contributed by atoms with E-state index in [1.165, 1.54) is 10.7 Å². The minimum absolute atomic E-state index is 0.110. The Labute approximate surface area is 102 Å². The second-order valence-corrected chi connectivity index (χ2v) is 4.00. The van der Waals surface area contributed by atoms with Crippen LogP contribution in [0.4, 0.5) is 0 Å². The number of aromatic nitrogens is 3. The smallest absolute Gasteiger partial charge is 0.339 e. The summed E-state index contributed by atoms with van der Waals surface area (Å²) in [5, 5.41) is 16.4. The third kappa shape index (κ3) is 1.96. The first-order valence-corrected chi connectivity index (χ1v) is 5.37. The monoisotopic (exact) mass is 254 g/mol. The van der Waals surface area contributed by atoms with Gasteiger partial charge in [0.2, 0.25) is 0 Å². The molecule has 2 aromatic rings. The van der Waals surface area contributed by atoms with Gasteiger partial charge in [0.05, 0.1) is 5.69 Å². The highest BCUT2D eigenvalue weighted by Crippen LogP contribution is 2.20. The van der Waals surface area contributed by atoms with Crippen LogP contribution in [0.25, 0.3) is 5.65 Å². The Bertz CT molecular complexity index is 581. The predicted molar refractivity (Wildman–Crippen MR) is 62.4 cm³/mol. The number of carbonyl (C=O) groups is 1. The van der Waals surface area contributed by atoms with Gasteiger partial charge in [0.15, 0.2) is 10.8 Å². The van der Waals surface area contributed by atoms with E-state index in [2.05, 4.69) is 15.4 Å². The molecule has 0 amide bonds. The molecule has 2 heterocycles. The normalized spacial score (nSPS) is 12.9. The highest BCUT2D eigenvalue weighted by molar-refractivity contribution is 6.29. The van der Waals surface area contributed by atoms with Crippen LogP contribution >= 0.6 is 11.6 Å². The van der Waals surface area contributed by atoms with Crippen LogP contribution in [0.5, 0.6) is 0 Å². The Hall–Kier alpha value is -1.66. The van der Waals surface area contributed by atoms with Gasteiger partial charge in [-0.15, -0.1) is 0 Å². The Balaban J connectivity index is 2.78. The van der Waals surface area contributed by atoms with E-state index in [0.29, 0.717) is 11.3 Å². The fourth-order valence-electron chi connectivity index (χ4n) is 1.64. The number of rotatable bonds is 3. The Morgan fingerprint density at radius 3 is 2.94 bits per heavy atom. The van der Waals surface area contributed by atoms with Gasteiger partial charge in [-0.2, -0.15) is 5.10 Å².